The third-order valence-electron chi connectivity index (χ3n) is 6.43. The van der Waals surface area contributed by atoms with Crippen LogP contribution in [0.15, 0.2) is 48.5 Å². The summed E-state index contributed by atoms with van der Waals surface area (Å²) in [6, 6.07) is 15.1. The number of fused-ring (bicyclic) bond motifs is 2. The zero-order chi connectivity index (χ0) is 23.8. The van der Waals surface area contributed by atoms with Gasteiger partial charge in [0.25, 0.3) is 5.91 Å². The number of anilines is 1. The summed E-state index contributed by atoms with van der Waals surface area (Å²) in [4.78, 5) is 38.1. The second-order valence-corrected chi connectivity index (χ2v) is 8.51. The molecule has 0 radical (unpaired) electrons. The first-order chi connectivity index (χ1) is 16.5. The molecule has 3 aromatic rings. The van der Waals surface area contributed by atoms with Gasteiger partial charge in [-0.25, -0.2) is 0 Å². The summed E-state index contributed by atoms with van der Waals surface area (Å²) < 4.78 is 10.8. The lowest BCUT2D eigenvalue weighted by Crippen LogP contribution is -2.52. The molecule has 3 amide bonds. The summed E-state index contributed by atoms with van der Waals surface area (Å²) in [6.45, 7) is 0.960. The molecule has 0 spiro atoms. The van der Waals surface area contributed by atoms with E-state index in [9.17, 15) is 14.4 Å². The molecule has 5 rings (SSSR count). The van der Waals surface area contributed by atoms with Crippen molar-refractivity contribution in [2.24, 2.45) is 0 Å². The van der Waals surface area contributed by atoms with Gasteiger partial charge >= 0.3 is 0 Å². The number of rotatable bonds is 6. The fourth-order valence-electron chi connectivity index (χ4n) is 4.62. The summed E-state index contributed by atoms with van der Waals surface area (Å²) in [5.41, 5.74) is 3.46. The molecule has 1 unspecified atom stereocenters. The number of hydrogen-bond donors (Lipinski definition) is 2. The lowest BCUT2D eigenvalue weighted by Gasteiger charge is -2.29. The number of piperidine rings is 1. The topological polar surface area (TPSA) is 97.0 Å². The van der Waals surface area contributed by atoms with Crippen LogP contribution in [0.5, 0.6) is 11.5 Å². The van der Waals surface area contributed by atoms with E-state index < -0.39 is 11.9 Å². The Hall–Kier alpha value is -4.07. The summed E-state index contributed by atoms with van der Waals surface area (Å²) in [5, 5.41) is 7.86. The number of benzene rings is 3. The Kier molecular flexibility index (Phi) is 5.57. The van der Waals surface area contributed by atoms with Crippen LogP contribution in [-0.2, 0) is 22.7 Å². The average molecular weight is 460 g/mol. The molecule has 2 aliphatic heterocycles. The molecule has 174 valence electrons. The molecule has 8 nitrogen and oxygen atoms in total. The van der Waals surface area contributed by atoms with Crippen molar-refractivity contribution < 1.29 is 23.9 Å². The second kappa shape index (κ2) is 8.70. The van der Waals surface area contributed by atoms with Crippen LogP contribution in [0.1, 0.15) is 34.3 Å². The van der Waals surface area contributed by atoms with Crippen molar-refractivity contribution in [1.82, 2.24) is 10.2 Å². The van der Waals surface area contributed by atoms with Gasteiger partial charge < -0.3 is 19.7 Å². The predicted octanol–water partition coefficient (Wildman–Crippen LogP) is 3.23. The molecule has 2 N–H and O–H groups in total. The number of methoxy groups -OCH3 is 2. The van der Waals surface area contributed by atoms with Crippen LogP contribution in [-0.4, -0.2) is 42.9 Å². The highest BCUT2D eigenvalue weighted by Gasteiger charge is 2.39. The minimum atomic E-state index is -0.609. The van der Waals surface area contributed by atoms with Crippen molar-refractivity contribution in [1.29, 1.82) is 0 Å². The second-order valence-electron chi connectivity index (χ2n) is 8.51. The number of nitrogens with zero attached hydrogens (tertiary/aromatic N) is 1. The molecule has 34 heavy (non-hydrogen) atoms. The van der Waals surface area contributed by atoms with E-state index in [1.54, 1.807) is 25.2 Å². The first-order valence-corrected chi connectivity index (χ1v) is 11.1. The van der Waals surface area contributed by atoms with E-state index >= 15 is 0 Å². The summed E-state index contributed by atoms with van der Waals surface area (Å²) in [7, 11) is 3.24. The third-order valence-corrected chi connectivity index (χ3v) is 6.43. The third kappa shape index (κ3) is 3.91. The van der Waals surface area contributed by atoms with Crippen molar-refractivity contribution in [3.05, 3.63) is 65.2 Å². The van der Waals surface area contributed by atoms with Gasteiger partial charge in [-0.05, 0) is 64.7 Å². The van der Waals surface area contributed by atoms with Crippen LogP contribution in [0.25, 0.3) is 10.8 Å². The lowest BCUT2D eigenvalue weighted by atomic mass is 10.0. The molecule has 8 heteroatoms. The maximum Gasteiger partial charge on any atom is 0.255 e. The molecule has 2 heterocycles. The van der Waals surface area contributed by atoms with E-state index in [2.05, 4.69) is 22.8 Å². The van der Waals surface area contributed by atoms with Gasteiger partial charge in [-0.2, -0.15) is 0 Å². The van der Waals surface area contributed by atoms with Gasteiger partial charge in [-0.15, -0.1) is 0 Å². The fourth-order valence-corrected chi connectivity index (χ4v) is 4.62. The predicted molar refractivity (Wildman–Crippen MR) is 127 cm³/mol. The van der Waals surface area contributed by atoms with E-state index in [-0.39, 0.29) is 18.2 Å². The highest BCUT2D eigenvalue weighted by molar-refractivity contribution is 6.05. The van der Waals surface area contributed by atoms with Crippen molar-refractivity contribution in [3.63, 3.8) is 0 Å². The largest absolute Gasteiger partial charge is 0.493 e. The van der Waals surface area contributed by atoms with Gasteiger partial charge in [0, 0.05) is 30.8 Å². The molecule has 1 fully saturated rings. The molecular formula is C26H25N3O5. The molecule has 0 aliphatic carbocycles. The SMILES string of the molecule is COc1cc2ccc(CNc3ccc4c(c3)CN(C3CCC(=O)NC3=O)C4=O)cc2cc1OC. The molecule has 2 aliphatic rings. The normalized spacial score (nSPS) is 17.5. The van der Waals surface area contributed by atoms with E-state index in [1.165, 1.54) is 0 Å². The van der Waals surface area contributed by atoms with Crippen LogP contribution in [0, 0.1) is 0 Å². The Labute approximate surface area is 196 Å². The quantitative estimate of drug-likeness (QED) is 0.550. The van der Waals surface area contributed by atoms with Crippen LogP contribution >= 0.6 is 0 Å². The maximum absolute atomic E-state index is 12.9. The summed E-state index contributed by atoms with van der Waals surface area (Å²) in [6.07, 6.45) is 0.599. The van der Waals surface area contributed by atoms with Crippen LogP contribution < -0.4 is 20.1 Å². The highest BCUT2D eigenvalue weighted by atomic mass is 16.5. The van der Waals surface area contributed by atoms with Gasteiger partial charge in [-0.1, -0.05) is 12.1 Å². The Morgan fingerprint density at radius 2 is 1.74 bits per heavy atom. The number of carbonyl (C=O) groups is 3. The monoisotopic (exact) mass is 459 g/mol. The first-order valence-electron chi connectivity index (χ1n) is 11.1. The van der Waals surface area contributed by atoms with Gasteiger partial charge in [0.15, 0.2) is 11.5 Å². The summed E-state index contributed by atoms with van der Waals surface area (Å²) >= 11 is 0. The molecule has 1 saturated heterocycles. The standard InChI is InChI=1S/C26H25N3O5/c1-33-22-11-16-4-3-15(9-17(16)12-23(22)34-2)13-27-19-5-6-20-18(10-19)14-29(26(20)32)21-7-8-24(30)28-25(21)31/h3-6,9-12,21,27H,7-8,13-14H2,1-2H3,(H,28,30,31). The zero-order valence-corrected chi connectivity index (χ0v) is 19.0. The lowest BCUT2D eigenvalue weighted by molar-refractivity contribution is -0.136. The molecule has 3 aromatic carbocycles. The minimum Gasteiger partial charge on any atom is -0.493 e. The van der Waals surface area contributed by atoms with Crippen molar-refractivity contribution in [3.8, 4) is 11.5 Å². The van der Waals surface area contributed by atoms with Crippen molar-refractivity contribution >= 4 is 34.2 Å². The van der Waals surface area contributed by atoms with Crippen molar-refractivity contribution in [2.75, 3.05) is 19.5 Å². The van der Waals surface area contributed by atoms with Gasteiger partial charge in [0.1, 0.15) is 6.04 Å². The Morgan fingerprint density at radius 1 is 0.971 bits per heavy atom. The number of ether oxygens (including phenoxy) is 2. The summed E-state index contributed by atoms with van der Waals surface area (Å²) in [5.74, 6) is 0.517. The van der Waals surface area contributed by atoms with E-state index in [0.29, 0.717) is 36.6 Å². The molecule has 0 bridgehead atoms. The van der Waals surface area contributed by atoms with Crippen LogP contribution in [0.2, 0.25) is 0 Å². The first kappa shape index (κ1) is 21.8. The Morgan fingerprint density at radius 3 is 2.47 bits per heavy atom. The van der Waals surface area contributed by atoms with Crippen molar-refractivity contribution in [2.45, 2.75) is 32.0 Å². The average Bonchev–Trinajstić information content (AvgIpc) is 3.17. The van der Waals surface area contributed by atoms with E-state index in [1.807, 2.05) is 30.3 Å². The minimum absolute atomic E-state index is 0.171. The fraction of sp³-hybridized carbons (Fsp3) is 0.269. The van der Waals surface area contributed by atoms with Gasteiger partial charge in [0.05, 0.1) is 14.2 Å². The number of imide groups is 1. The number of hydrogen-bond acceptors (Lipinski definition) is 6. The van der Waals surface area contributed by atoms with E-state index in [4.69, 9.17) is 9.47 Å². The van der Waals surface area contributed by atoms with Crippen LogP contribution in [0.4, 0.5) is 5.69 Å². The van der Waals surface area contributed by atoms with Crippen LogP contribution in [0.3, 0.4) is 0 Å². The molecule has 0 aromatic heterocycles. The Balaban J connectivity index is 1.30. The van der Waals surface area contributed by atoms with E-state index in [0.717, 1.165) is 27.6 Å². The van der Waals surface area contributed by atoms with Gasteiger partial charge in [0.2, 0.25) is 11.8 Å². The maximum atomic E-state index is 12.9. The molecular weight excluding hydrogens is 434 g/mol. The zero-order valence-electron chi connectivity index (χ0n) is 19.0. The van der Waals surface area contributed by atoms with Gasteiger partial charge in [-0.3, -0.25) is 19.7 Å². The highest BCUT2D eigenvalue weighted by Crippen LogP contribution is 2.33. The number of carbonyl (C=O) groups excluding carboxylic acids is 3. The Bertz CT molecular complexity index is 1320. The molecule has 1 atom stereocenters. The number of amides is 3. The smallest absolute Gasteiger partial charge is 0.255 e. The molecule has 0 saturated carbocycles. The number of nitrogens with one attached hydrogen (secondary N) is 2.